The van der Waals surface area contributed by atoms with Crippen LogP contribution in [-0.4, -0.2) is 32.8 Å². The number of carbonyl (C=O) groups is 1. The highest BCUT2D eigenvalue weighted by molar-refractivity contribution is 5.94. The van der Waals surface area contributed by atoms with Gasteiger partial charge in [0.25, 0.3) is 5.91 Å². The van der Waals surface area contributed by atoms with E-state index in [9.17, 15) is 4.79 Å². The second-order valence-corrected chi connectivity index (χ2v) is 5.96. The summed E-state index contributed by atoms with van der Waals surface area (Å²) < 4.78 is 16.3. The van der Waals surface area contributed by atoms with E-state index in [1.807, 2.05) is 38.1 Å². The van der Waals surface area contributed by atoms with Gasteiger partial charge in [-0.1, -0.05) is 12.1 Å². The van der Waals surface area contributed by atoms with Crippen LogP contribution in [0.15, 0.2) is 42.5 Å². The van der Waals surface area contributed by atoms with Crippen LogP contribution in [0.3, 0.4) is 0 Å². The van der Waals surface area contributed by atoms with Crippen molar-refractivity contribution < 1.29 is 19.0 Å². The van der Waals surface area contributed by atoms with Crippen molar-refractivity contribution >= 4 is 5.91 Å². The summed E-state index contributed by atoms with van der Waals surface area (Å²) in [7, 11) is 3.21. The molecule has 0 saturated heterocycles. The molecule has 0 aliphatic rings. The minimum atomic E-state index is -0.149. The average molecular weight is 343 g/mol. The molecule has 2 aromatic rings. The molecule has 1 atom stereocenters. The van der Waals surface area contributed by atoms with Crippen LogP contribution in [0, 0.1) is 6.92 Å². The van der Waals surface area contributed by atoms with Crippen molar-refractivity contribution in [1.29, 1.82) is 0 Å². The van der Waals surface area contributed by atoms with Gasteiger partial charge in [0, 0.05) is 24.3 Å². The number of rotatable bonds is 8. The third-order valence-corrected chi connectivity index (χ3v) is 3.72. The molecule has 0 radical (unpaired) electrons. The molecule has 0 heterocycles. The number of hydrogen-bond acceptors (Lipinski definition) is 4. The van der Waals surface area contributed by atoms with Gasteiger partial charge < -0.3 is 19.5 Å². The summed E-state index contributed by atoms with van der Waals surface area (Å²) in [5, 5.41) is 2.90. The maximum atomic E-state index is 12.4. The molecule has 0 aliphatic heterocycles. The van der Waals surface area contributed by atoms with Gasteiger partial charge in [0.2, 0.25) is 0 Å². The molecule has 25 heavy (non-hydrogen) atoms. The van der Waals surface area contributed by atoms with Crippen molar-refractivity contribution in [3.63, 3.8) is 0 Å². The Morgan fingerprint density at radius 3 is 2.64 bits per heavy atom. The van der Waals surface area contributed by atoms with E-state index in [1.165, 1.54) is 0 Å². The SMILES string of the molecule is COCC(C)NC(=O)c1ccc(OC)c(COc2cccc(C)c2)c1. The van der Waals surface area contributed by atoms with Crippen LogP contribution in [0.25, 0.3) is 0 Å². The monoisotopic (exact) mass is 343 g/mol. The first-order valence-corrected chi connectivity index (χ1v) is 8.19. The standard InChI is InChI=1S/C20H25NO4/c1-14-6-5-7-18(10-14)25-13-17-11-16(8-9-19(17)24-4)20(22)21-15(2)12-23-3/h5-11,15H,12-13H2,1-4H3,(H,21,22). The van der Waals surface area contributed by atoms with E-state index in [2.05, 4.69) is 5.32 Å². The predicted octanol–water partition coefficient (Wildman–Crippen LogP) is 3.35. The summed E-state index contributed by atoms with van der Waals surface area (Å²) in [6.45, 7) is 4.69. The second kappa shape index (κ2) is 9.08. The first kappa shape index (κ1) is 18.8. The Labute approximate surface area is 148 Å². The van der Waals surface area contributed by atoms with Gasteiger partial charge in [0.1, 0.15) is 18.1 Å². The third kappa shape index (κ3) is 5.50. The van der Waals surface area contributed by atoms with Crippen LogP contribution in [0.4, 0.5) is 0 Å². The average Bonchev–Trinajstić information content (AvgIpc) is 2.60. The van der Waals surface area contributed by atoms with Crippen molar-refractivity contribution in [2.24, 2.45) is 0 Å². The number of amides is 1. The van der Waals surface area contributed by atoms with E-state index in [0.717, 1.165) is 16.9 Å². The highest BCUT2D eigenvalue weighted by atomic mass is 16.5. The van der Waals surface area contributed by atoms with Gasteiger partial charge in [-0.05, 0) is 49.7 Å². The Morgan fingerprint density at radius 1 is 1.16 bits per heavy atom. The van der Waals surface area contributed by atoms with Crippen molar-refractivity contribution in [1.82, 2.24) is 5.32 Å². The summed E-state index contributed by atoms with van der Waals surface area (Å²) in [5.74, 6) is 1.32. The molecule has 0 bridgehead atoms. The lowest BCUT2D eigenvalue weighted by Gasteiger charge is -2.15. The van der Waals surface area contributed by atoms with Crippen LogP contribution < -0.4 is 14.8 Å². The number of hydrogen-bond donors (Lipinski definition) is 1. The zero-order valence-electron chi connectivity index (χ0n) is 15.2. The molecular formula is C20H25NO4. The van der Waals surface area contributed by atoms with E-state index in [4.69, 9.17) is 14.2 Å². The first-order valence-electron chi connectivity index (χ1n) is 8.19. The van der Waals surface area contributed by atoms with Crippen molar-refractivity contribution in [3.8, 4) is 11.5 Å². The fourth-order valence-corrected chi connectivity index (χ4v) is 2.50. The molecule has 2 aromatic carbocycles. The van der Waals surface area contributed by atoms with E-state index >= 15 is 0 Å². The molecule has 1 unspecified atom stereocenters. The van der Waals surface area contributed by atoms with Gasteiger partial charge in [0.15, 0.2) is 0 Å². The largest absolute Gasteiger partial charge is 0.496 e. The van der Waals surface area contributed by atoms with E-state index in [0.29, 0.717) is 24.5 Å². The summed E-state index contributed by atoms with van der Waals surface area (Å²) in [6, 6.07) is 13.1. The molecule has 2 rings (SSSR count). The van der Waals surface area contributed by atoms with E-state index in [1.54, 1.807) is 32.4 Å². The summed E-state index contributed by atoms with van der Waals surface area (Å²) >= 11 is 0. The molecule has 0 spiro atoms. The molecular weight excluding hydrogens is 318 g/mol. The topological polar surface area (TPSA) is 56.8 Å². The van der Waals surface area contributed by atoms with Gasteiger partial charge in [-0.15, -0.1) is 0 Å². The quantitative estimate of drug-likeness (QED) is 0.799. The Morgan fingerprint density at radius 2 is 1.96 bits per heavy atom. The second-order valence-electron chi connectivity index (χ2n) is 5.96. The van der Waals surface area contributed by atoms with Crippen molar-refractivity contribution in [3.05, 3.63) is 59.2 Å². The summed E-state index contributed by atoms with van der Waals surface area (Å²) in [4.78, 5) is 12.4. The minimum Gasteiger partial charge on any atom is -0.496 e. The first-order chi connectivity index (χ1) is 12.0. The van der Waals surface area contributed by atoms with Gasteiger partial charge >= 0.3 is 0 Å². The smallest absolute Gasteiger partial charge is 0.251 e. The molecule has 0 saturated carbocycles. The number of nitrogens with one attached hydrogen (secondary N) is 1. The summed E-state index contributed by atoms with van der Waals surface area (Å²) in [5.41, 5.74) is 2.51. The Bertz CT molecular complexity index is 715. The highest BCUT2D eigenvalue weighted by Gasteiger charge is 2.13. The lowest BCUT2D eigenvalue weighted by atomic mass is 10.1. The summed E-state index contributed by atoms with van der Waals surface area (Å²) in [6.07, 6.45) is 0. The molecule has 1 N–H and O–H groups in total. The van der Waals surface area contributed by atoms with E-state index in [-0.39, 0.29) is 11.9 Å². The number of methoxy groups -OCH3 is 2. The molecule has 134 valence electrons. The van der Waals surface area contributed by atoms with Crippen LogP contribution in [-0.2, 0) is 11.3 Å². The fraction of sp³-hybridized carbons (Fsp3) is 0.350. The number of aryl methyl sites for hydroxylation is 1. The third-order valence-electron chi connectivity index (χ3n) is 3.72. The molecule has 0 fully saturated rings. The van der Waals surface area contributed by atoms with Crippen LogP contribution in [0.1, 0.15) is 28.4 Å². The molecule has 1 amide bonds. The molecule has 5 heteroatoms. The Kier molecular flexibility index (Phi) is 6.83. The zero-order valence-corrected chi connectivity index (χ0v) is 15.2. The fourth-order valence-electron chi connectivity index (χ4n) is 2.50. The normalized spacial score (nSPS) is 11.7. The Hall–Kier alpha value is -2.53. The van der Waals surface area contributed by atoms with Gasteiger partial charge in [-0.25, -0.2) is 0 Å². The van der Waals surface area contributed by atoms with Gasteiger partial charge in [0.05, 0.1) is 13.7 Å². The predicted molar refractivity (Wildman–Crippen MR) is 97.3 cm³/mol. The van der Waals surface area contributed by atoms with Crippen LogP contribution in [0.5, 0.6) is 11.5 Å². The van der Waals surface area contributed by atoms with Gasteiger partial charge in [-0.3, -0.25) is 4.79 Å². The Balaban J connectivity index is 2.12. The zero-order chi connectivity index (χ0) is 18.2. The number of carbonyl (C=O) groups excluding carboxylic acids is 1. The van der Waals surface area contributed by atoms with Crippen LogP contribution in [0.2, 0.25) is 0 Å². The lowest BCUT2D eigenvalue weighted by molar-refractivity contribution is 0.0905. The van der Waals surface area contributed by atoms with Gasteiger partial charge in [-0.2, -0.15) is 0 Å². The molecule has 0 aliphatic carbocycles. The maximum Gasteiger partial charge on any atom is 0.251 e. The molecule has 0 aromatic heterocycles. The molecule has 5 nitrogen and oxygen atoms in total. The highest BCUT2D eigenvalue weighted by Crippen LogP contribution is 2.23. The lowest BCUT2D eigenvalue weighted by Crippen LogP contribution is -2.35. The van der Waals surface area contributed by atoms with Crippen molar-refractivity contribution in [2.75, 3.05) is 20.8 Å². The van der Waals surface area contributed by atoms with Crippen molar-refractivity contribution in [2.45, 2.75) is 26.5 Å². The van der Waals surface area contributed by atoms with E-state index < -0.39 is 0 Å². The minimum absolute atomic E-state index is 0.0633. The number of ether oxygens (including phenoxy) is 3. The maximum absolute atomic E-state index is 12.4. The number of benzene rings is 2. The van der Waals surface area contributed by atoms with Crippen LogP contribution >= 0.6 is 0 Å².